The van der Waals surface area contributed by atoms with E-state index in [0.717, 1.165) is 28.2 Å². The topological polar surface area (TPSA) is 53.1 Å². The number of rotatable bonds is 8. The summed E-state index contributed by atoms with van der Waals surface area (Å²) >= 11 is 5.41. The van der Waals surface area contributed by atoms with E-state index in [1.54, 1.807) is 13.3 Å². The second-order valence-corrected chi connectivity index (χ2v) is 6.56. The summed E-state index contributed by atoms with van der Waals surface area (Å²) in [5, 5.41) is 4.32. The number of hydrogen-bond acceptors (Lipinski definition) is 4. The van der Waals surface area contributed by atoms with Crippen LogP contribution in [0, 0.1) is 5.92 Å². The lowest BCUT2D eigenvalue weighted by molar-refractivity contribution is 0.182. The fourth-order valence-corrected chi connectivity index (χ4v) is 3.22. The first-order chi connectivity index (χ1) is 8.56. The molecule has 0 radical (unpaired) electrons. The van der Waals surface area contributed by atoms with Gasteiger partial charge in [-0.25, -0.2) is 0 Å². The maximum atomic E-state index is 6.25. The second-order valence-electron chi connectivity index (χ2n) is 4.63. The van der Waals surface area contributed by atoms with Crippen LogP contribution in [-0.4, -0.2) is 35.0 Å². The Balaban J connectivity index is 2.59. The predicted octanol–water partition coefficient (Wildman–Crippen LogP) is 2.68. The Kier molecular flexibility index (Phi) is 7.29. The van der Waals surface area contributed by atoms with Crippen molar-refractivity contribution in [3.63, 3.8) is 0 Å². The summed E-state index contributed by atoms with van der Waals surface area (Å²) in [6.45, 7) is 5.82. The number of ether oxygens (including phenoxy) is 1. The van der Waals surface area contributed by atoms with Crippen LogP contribution in [0.1, 0.15) is 25.6 Å². The molecule has 18 heavy (non-hydrogen) atoms. The fraction of sp³-hybridized carbons (Fsp3) is 0.750. The van der Waals surface area contributed by atoms with Crippen LogP contribution in [0.15, 0.2) is 10.7 Å². The highest BCUT2D eigenvalue weighted by molar-refractivity contribution is 9.10. The third kappa shape index (κ3) is 4.91. The number of nitrogens with two attached hydrogens (primary N) is 1. The molecule has 1 atom stereocenters. The van der Waals surface area contributed by atoms with Crippen molar-refractivity contribution in [2.75, 3.05) is 25.2 Å². The number of hydrogen-bond donors (Lipinski definition) is 1. The van der Waals surface area contributed by atoms with Gasteiger partial charge in [0.15, 0.2) is 0 Å². The Hall–Kier alpha value is -0.0400. The molecule has 0 fully saturated rings. The molecule has 0 aliphatic heterocycles. The van der Waals surface area contributed by atoms with Gasteiger partial charge in [0, 0.05) is 12.9 Å². The van der Waals surface area contributed by atoms with Gasteiger partial charge in [0.05, 0.1) is 35.6 Å². The zero-order valence-electron chi connectivity index (χ0n) is 11.2. The minimum Gasteiger partial charge on any atom is -0.383 e. The van der Waals surface area contributed by atoms with Gasteiger partial charge in [0.1, 0.15) is 0 Å². The van der Waals surface area contributed by atoms with Crippen molar-refractivity contribution in [1.29, 1.82) is 0 Å². The standard InChI is InChI=1S/C12H22BrN3OS/c1-9(2)7-18-8-11(14)12-10(13)6-15-16(12)4-5-17-3/h6,9,11H,4-5,7-8,14H2,1-3H3. The normalized spacial score (nSPS) is 13.2. The van der Waals surface area contributed by atoms with E-state index < -0.39 is 0 Å². The van der Waals surface area contributed by atoms with Crippen molar-refractivity contribution in [2.45, 2.75) is 26.4 Å². The van der Waals surface area contributed by atoms with Crippen molar-refractivity contribution in [2.24, 2.45) is 11.7 Å². The van der Waals surface area contributed by atoms with Crippen LogP contribution in [0.4, 0.5) is 0 Å². The SMILES string of the molecule is COCCn1ncc(Br)c1C(N)CSCC(C)C. The molecule has 0 aromatic carbocycles. The molecule has 6 heteroatoms. The van der Waals surface area contributed by atoms with Gasteiger partial charge in [-0.05, 0) is 27.6 Å². The van der Waals surface area contributed by atoms with Crippen molar-refractivity contribution in [3.05, 3.63) is 16.4 Å². The van der Waals surface area contributed by atoms with Crippen LogP contribution in [0.5, 0.6) is 0 Å². The quantitative estimate of drug-likeness (QED) is 0.793. The van der Waals surface area contributed by atoms with E-state index in [2.05, 4.69) is 34.9 Å². The molecule has 104 valence electrons. The minimum atomic E-state index is 0.00230. The van der Waals surface area contributed by atoms with E-state index in [1.165, 1.54) is 0 Å². The van der Waals surface area contributed by atoms with E-state index in [4.69, 9.17) is 10.5 Å². The first kappa shape index (κ1) is 16.0. The van der Waals surface area contributed by atoms with Gasteiger partial charge in [-0.3, -0.25) is 4.68 Å². The summed E-state index contributed by atoms with van der Waals surface area (Å²) in [7, 11) is 1.69. The molecule has 2 N–H and O–H groups in total. The van der Waals surface area contributed by atoms with Gasteiger partial charge in [-0.15, -0.1) is 0 Å². The second kappa shape index (κ2) is 8.19. The Morgan fingerprint density at radius 2 is 2.22 bits per heavy atom. The summed E-state index contributed by atoms with van der Waals surface area (Å²) < 4.78 is 7.99. The van der Waals surface area contributed by atoms with Crippen LogP contribution in [0.25, 0.3) is 0 Å². The van der Waals surface area contributed by atoms with Crippen molar-refractivity contribution < 1.29 is 4.74 Å². The Morgan fingerprint density at radius 1 is 1.50 bits per heavy atom. The first-order valence-electron chi connectivity index (χ1n) is 6.09. The predicted molar refractivity (Wildman–Crippen MR) is 80.9 cm³/mol. The molecule has 0 saturated heterocycles. The van der Waals surface area contributed by atoms with Gasteiger partial charge in [-0.2, -0.15) is 16.9 Å². The largest absolute Gasteiger partial charge is 0.383 e. The molecule has 1 heterocycles. The first-order valence-corrected chi connectivity index (χ1v) is 8.04. The minimum absolute atomic E-state index is 0.00230. The van der Waals surface area contributed by atoms with Gasteiger partial charge < -0.3 is 10.5 Å². The highest BCUT2D eigenvalue weighted by Crippen LogP contribution is 2.25. The van der Waals surface area contributed by atoms with Gasteiger partial charge >= 0.3 is 0 Å². The van der Waals surface area contributed by atoms with Crippen LogP contribution in [0.2, 0.25) is 0 Å². The smallest absolute Gasteiger partial charge is 0.0702 e. The lowest BCUT2D eigenvalue weighted by atomic mass is 10.2. The average Bonchev–Trinajstić information content (AvgIpc) is 2.67. The monoisotopic (exact) mass is 335 g/mol. The molecule has 1 aromatic rings. The molecular formula is C12H22BrN3OS. The molecule has 0 spiro atoms. The van der Waals surface area contributed by atoms with Crippen LogP contribution in [-0.2, 0) is 11.3 Å². The van der Waals surface area contributed by atoms with E-state index >= 15 is 0 Å². The highest BCUT2D eigenvalue weighted by atomic mass is 79.9. The summed E-state index contributed by atoms with van der Waals surface area (Å²) in [6, 6.07) is 0.00230. The molecule has 1 unspecified atom stereocenters. The van der Waals surface area contributed by atoms with Gasteiger partial charge in [0.25, 0.3) is 0 Å². The van der Waals surface area contributed by atoms with E-state index in [9.17, 15) is 0 Å². The zero-order valence-corrected chi connectivity index (χ0v) is 13.6. The molecule has 0 aliphatic rings. The number of halogens is 1. The number of thioether (sulfide) groups is 1. The molecule has 0 saturated carbocycles. The van der Waals surface area contributed by atoms with Crippen LogP contribution < -0.4 is 5.73 Å². The molecule has 0 aliphatic carbocycles. The maximum absolute atomic E-state index is 6.25. The van der Waals surface area contributed by atoms with Crippen molar-refractivity contribution >= 4 is 27.7 Å². The molecule has 0 amide bonds. The van der Waals surface area contributed by atoms with E-state index in [0.29, 0.717) is 12.5 Å². The Bertz CT molecular complexity index is 357. The molecule has 1 aromatic heterocycles. The van der Waals surface area contributed by atoms with Crippen LogP contribution in [0.3, 0.4) is 0 Å². The molecule has 4 nitrogen and oxygen atoms in total. The lowest BCUT2D eigenvalue weighted by Crippen LogP contribution is -2.20. The lowest BCUT2D eigenvalue weighted by Gasteiger charge is -2.15. The summed E-state index contributed by atoms with van der Waals surface area (Å²) in [4.78, 5) is 0. The third-order valence-corrected chi connectivity index (χ3v) is 4.55. The Morgan fingerprint density at radius 3 is 2.83 bits per heavy atom. The molecular weight excluding hydrogens is 314 g/mol. The maximum Gasteiger partial charge on any atom is 0.0702 e. The number of nitrogens with zero attached hydrogens (tertiary/aromatic N) is 2. The zero-order chi connectivity index (χ0) is 13.5. The van der Waals surface area contributed by atoms with E-state index in [-0.39, 0.29) is 6.04 Å². The third-order valence-electron chi connectivity index (χ3n) is 2.44. The molecule has 0 bridgehead atoms. The molecule has 1 rings (SSSR count). The van der Waals surface area contributed by atoms with Crippen molar-refractivity contribution in [1.82, 2.24) is 9.78 Å². The summed E-state index contributed by atoms with van der Waals surface area (Å²) in [6.07, 6.45) is 1.80. The average molecular weight is 336 g/mol. The number of aromatic nitrogens is 2. The Labute approximate surface area is 122 Å². The van der Waals surface area contributed by atoms with Crippen LogP contribution >= 0.6 is 27.7 Å². The summed E-state index contributed by atoms with van der Waals surface area (Å²) in [5.74, 6) is 2.75. The van der Waals surface area contributed by atoms with Crippen molar-refractivity contribution in [3.8, 4) is 0 Å². The summed E-state index contributed by atoms with van der Waals surface area (Å²) in [5.41, 5.74) is 7.31. The van der Waals surface area contributed by atoms with Gasteiger partial charge in [0.2, 0.25) is 0 Å². The van der Waals surface area contributed by atoms with E-state index in [1.807, 2.05) is 16.4 Å². The fourth-order valence-electron chi connectivity index (χ4n) is 1.61. The number of methoxy groups -OCH3 is 1. The highest BCUT2D eigenvalue weighted by Gasteiger charge is 2.16. The van der Waals surface area contributed by atoms with Gasteiger partial charge in [-0.1, -0.05) is 13.8 Å².